The summed E-state index contributed by atoms with van der Waals surface area (Å²) in [4.78, 5) is 24.7. The molecule has 1 heterocycles. The lowest BCUT2D eigenvalue weighted by Crippen LogP contribution is -2.42. The summed E-state index contributed by atoms with van der Waals surface area (Å²) in [5, 5.41) is 0. The molecular weight excluding hydrogens is 396 g/mol. The van der Waals surface area contributed by atoms with Crippen molar-refractivity contribution in [3.63, 3.8) is 0 Å². The van der Waals surface area contributed by atoms with E-state index in [1.165, 1.54) is 6.26 Å². The lowest BCUT2D eigenvalue weighted by Gasteiger charge is -2.37. The maximum Gasteiger partial charge on any atom is 0.338 e. The van der Waals surface area contributed by atoms with E-state index in [4.69, 9.17) is 18.9 Å². The van der Waals surface area contributed by atoms with Gasteiger partial charge in [0.2, 0.25) is 11.5 Å². The van der Waals surface area contributed by atoms with Crippen LogP contribution in [0.1, 0.15) is 42.1 Å². The van der Waals surface area contributed by atoms with Gasteiger partial charge in [-0.3, -0.25) is 4.79 Å². The number of carbonyl (C=O) groups is 2. The Balaban J connectivity index is 1.33. The molecule has 6 nitrogen and oxygen atoms in total. The van der Waals surface area contributed by atoms with Crippen molar-refractivity contribution in [3.05, 3.63) is 77.7 Å². The minimum atomic E-state index is -0.389. The predicted molar refractivity (Wildman–Crippen MR) is 113 cm³/mol. The molecular formula is C25H26O6. The number of allylic oxidation sites excluding steroid dienone is 1. The third-order valence-corrected chi connectivity index (χ3v) is 5.59. The van der Waals surface area contributed by atoms with E-state index in [1.54, 1.807) is 31.2 Å². The first-order chi connectivity index (χ1) is 15.1. The van der Waals surface area contributed by atoms with Gasteiger partial charge in [-0.05, 0) is 49.6 Å². The van der Waals surface area contributed by atoms with E-state index in [2.05, 4.69) is 0 Å². The quantitative estimate of drug-likeness (QED) is 0.615. The van der Waals surface area contributed by atoms with Gasteiger partial charge in [-0.1, -0.05) is 30.3 Å². The Hall–Kier alpha value is -3.12. The molecule has 1 fully saturated rings. The summed E-state index contributed by atoms with van der Waals surface area (Å²) in [6, 6.07) is 16.6. The molecule has 0 spiro atoms. The molecule has 1 saturated carbocycles. The van der Waals surface area contributed by atoms with Gasteiger partial charge in [-0.2, -0.15) is 0 Å². The van der Waals surface area contributed by atoms with Gasteiger partial charge in [0.1, 0.15) is 18.1 Å². The van der Waals surface area contributed by atoms with Crippen molar-refractivity contribution in [2.75, 3.05) is 6.61 Å². The van der Waals surface area contributed by atoms with Crippen molar-refractivity contribution in [1.29, 1.82) is 0 Å². The predicted octanol–water partition coefficient (Wildman–Crippen LogP) is 4.44. The van der Waals surface area contributed by atoms with Crippen molar-refractivity contribution in [2.45, 2.75) is 45.0 Å². The molecule has 0 saturated heterocycles. The van der Waals surface area contributed by atoms with E-state index < -0.39 is 0 Å². The van der Waals surface area contributed by atoms with E-state index in [9.17, 15) is 9.59 Å². The van der Waals surface area contributed by atoms with Gasteiger partial charge < -0.3 is 18.9 Å². The Morgan fingerprint density at radius 1 is 1.06 bits per heavy atom. The number of hydrogen-bond donors (Lipinski definition) is 0. The third kappa shape index (κ3) is 5.14. The van der Waals surface area contributed by atoms with Crippen LogP contribution in [0.5, 0.6) is 5.75 Å². The zero-order valence-corrected chi connectivity index (χ0v) is 17.5. The van der Waals surface area contributed by atoms with Crippen molar-refractivity contribution < 1.29 is 28.5 Å². The molecule has 6 heteroatoms. The second kappa shape index (κ2) is 9.79. The maximum atomic E-state index is 12.9. The summed E-state index contributed by atoms with van der Waals surface area (Å²) in [6.45, 7) is 2.63. The minimum Gasteiger partial charge on any atom is -0.493 e. The number of esters is 1. The number of ketones is 1. The van der Waals surface area contributed by atoms with Crippen LogP contribution in [0.15, 0.2) is 66.6 Å². The lowest BCUT2D eigenvalue weighted by molar-refractivity contribution is -0.134. The summed E-state index contributed by atoms with van der Waals surface area (Å²) in [7, 11) is 0. The van der Waals surface area contributed by atoms with Crippen LogP contribution in [-0.2, 0) is 25.6 Å². The summed E-state index contributed by atoms with van der Waals surface area (Å²) in [5.41, 5.74) is 1.57. The minimum absolute atomic E-state index is 0.0489. The Labute approximate surface area is 181 Å². The van der Waals surface area contributed by atoms with E-state index in [-0.39, 0.29) is 35.6 Å². The highest BCUT2D eigenvalue weighted by atomic mass is 16.5. The van der Waals surface area contributed by atoms with Crippen molar-refractivity contribution in [3.8, 4) is 5.75 Å². The third-order valence-electron chi connectivity index (χ3n) is 5.59. The van der Waals surface area contributed by atoms with E-state index in [1.807, 2.05) is 30.3 Å². The van der Waals surface area contributed by atoms with E-state index >= 15 is 0 Å². The van der Waals surface area contributed by atoms with Crippen LogP contribution < -0.4 is 4.74 Å². The summed E-state index contributed by atoms with van der Waals surface area (Å²) < 4.78 is 22.6. The number of ether oxygens (including phenoxy) is 4. The molecule has 2 aliphatic rings. The molecule has 162 valence electrons. The average Bonchev–Trinajstić information content (AvgIpc) is 2.81. The fourth-order valence-corrected chi connectivity index (χ4v) is 3.95. The second-order valence-corrected chi connectivity index (χ2v) is 7.71. The fraction of sp³-hybridized carbons (Fsp3) is 0.360. The highest BCUT2D eigenvalue weighted by Crippen LogP contribution is 2.35. The standard InChI is InChI=1S/C25H26O6/c1-2-28-25(27)18-8-10-19(11-9-18)31-23-16-30-22-14-20(12-13-21(22)24(23)26)29-15-17-6-4-3-5-7-17/h3-11,16,20-22H,2,12-15H2,1H3. The molecule has 3 atom stereocenters. The van der Waals surface area contributed by atoms with Gasteiger partial charge in [-0.25, -0.2) is 4.79 Å². The van der Waals surface area contributed by atoms with Crippen molar-refractivity contribution in [2.24, 2.45) is 5.92 Å². The number of fused-ring (bicyclic) bond motifs is 1. The van der Waals surface area contributed by atoms with Gasteiger partial charge in [0.15, 0.2) is 0 Å². The highest BCUT2D eigenvalue weighted by Gasteiger charge is 2.41. The lowest BCUT2D eigenvalue weighted by atomic mass is 9.80. The SMILES string of the molecule is CCOC(=O)c1ccc(OC2=COC3CC(OCc4ccccc4)CCC3C2=O)cc1. The first-order valence-electron chi connectivity index (χ1n) is 10.6. The van der Waals surface area contributed by atoms with Crippen LogP contribution in [0, 0.1) is 5.92 Å². The zero-order chi connectivity index (χ0) is 21.6. The highest BCUT2D eigenvalue weighted by molar-refractivity contribution is 5.96. The van der Waals surface area contributed by atoms with Crippen LogP contribution in [-0.4, -0.2) is 30.6 Å². The Morgan fingerprint density at radius 2 is 1.84 bits per heavy atom. The van der Waals surface area contributed by atoms with Crippen LogP contribution in [0.2, 0.25) is 0 Å². The fourth-order valence-electron chi connectivity index (χ4n) is 3.95. The normalized spacial score (nSPS) is 22.7. The molecule has 0 radical (unpaired) electrons. The molecule has 0 aromatic heterocycles. The maximum absolute atomic E-state index is 12.9. The molecule has 0 bridgehead atoms. The summed E-state index contributed by atoms with van der Waals surface area (Å²) in [6.07, 6.45) is 3.47. The van der Waals surface area contributed by atoms with Crippen LogP contribution in [0.4, 0.5) is 0 Å². The molecule has 31 heavy (non-hydrogen) atoms. The number of hydrogen-bond acceptors (Lipinski definition) is 6. The van der Waals surface area contributed by atoms with Gasteiger partial charge in [0, 0.05) is 6.42 Å². The molecule has 0 amide bonds. The van der Waals surface area contributed by atoms with Gasteiger partial charge in [-0.15, -0.1) is 0 Å². The molecule has 1 aliphatic heterocycles. The number of Topliss-reactive ketones (excluding diaryl/α,β-unsaturated/α-hetero) is 1. The van der Waals surface area contributed by atoms with Crippen molar-refractivity contribution >= 4 is 11.8 Å². The number of benzene rings is 2. The monoisotopic (exact) mass is 422 g/mol. The Bertz CT molecular complexity index is 934. The Kier molecular flexibility index (Phi) is 6.67. The molecule has 2 aromatic carbocycles. The average molecular weight is 422 g/mol. The van der Waals surface area contributed by atoms with E-state index in [0.29, 0.717) is 37.4 Å². The first-order valence-corrected chi connectivity index (χ1v) is 10.6. The van der Waals surface area contributed by atoms with E-state index in [0.717, 1.165) is 12.0 Å². The molecule has 4 rings (SSSR count). The van der Waals surface area contributed by atoms with Gasteiger partial charge in [0.25, 0.3) is 0 Å². The molecule has 3 unspecified atom stereocenters. The second-order valence-electron chi connectivity index (χ2n) is 7.71. The topological polar surface area (TPSA) is 71.1 Å². The molecule has 0 N–H and O–H groups in total. The zero-order valence-electron chi connectivity index (χ0n) is 17.5. The molecule has 2 aromatic rings. The summed E-state index contributed by atoms with van der Waals surface area (Å²) in [5.74, 6) is -0.00889. The molecule has 1 aliphatic carbocycles. The van der Waals surface area contributed by atoms with Gasteiger partial charge >= 0.3 is 5.97 Å². The Morgan fingerprint density at radius 3 is 2.58 bits per heavy atom. The van der Waals surface area contributed by atoms with Crippen LogP contribution >= 0.6 is 0 Å². The summed E-state index contributed by atoms with van der Waals surface area (Å²) >= 11 is 0. The smallest absolute Gasteiger partial charge is 0.338 e. The van der Waals surface area contributed by atoms with Gasteiger partial charge in [0.05, 0.1) is 30.8 Å². The first kappa shape index (κ1) is 21.1. The number of rotatable bonds is 7. The van der Waals surface area contributed by atoms with Crippen molar-refractivity contribution in [1.82, 2.24) is 0 Å². The van der Waals surface area contributed by atoms with Crippen LogP contribution in [0.25, 0.3) is 0 Å². The largest absolute Gasteiger partial charge is 0.493 e. The van der Waals surface area contributed by atoms with Crippen LogP contribution in [0.3, 0.4) is 0 Å². The number of carbonyl (C=O) groups excluding carboxylic acids is 2.